The van der Waals surface area contributed by atoms with Crippen LogP contribution in [0, 0.1) is 5.82 Å². The Bertz CT molecular complexity index is 1010. The fourth-order valence-corrected chi connectivity index (χ4v) is 4.15. The zero-order valence-electron chi connectivity index (χ0n) is 16.8. The Kier molecular flexibility index (Phi) is 7.78. The second-order valence-electron chi connectivity index (χ2n) is 7.08. The van der Waals surface area contributed by atoms with Crippen LogP contribution in [0.1, 0.15) is 33.9 Å². The van der Waals surface area contributed by atoms with Gasteiger partial charge in [0.05, 0.1) is 18.2 Å². The molecule has 0 fully saturated rings. The Morgan fingerprint density at radius 1 is 1.12 bits per heavy atom. The van der Waals surface area contributed by atoms with Gasteiger partial charge in [0.1, 0.15) is 12.4 Å². The fourth-order valence-electron chi connectivity index (χ4n) is 3.23. The van der Waals surface area contributed by atoms with Crippen molar-refractivity contribution < 1.29 is 35.9 Å². The number of benzene rings is 2. The average Bonchev–Trinajstić information content (AvgIpc) is 3.14. The molecule has 1 unspecified atom stereocenters. The van der Waals surface area contributed by atoms with Crippen LogP contribution in [0.5, 0.6) is 0 Å². The van der Waals surface area contributed by atoms with Crippen LogP contribution in [0.4, 0.5) is 26.3 Å². The van der Waals surface area contributed by atoms with Crippen molar-refractivity contribution in [3.05, 3.63) is 65.0 Å². The maximum absolute atomic E-state index is 13.8. The maximum atomic E-state index is 13.8. The standard InChI is InChI=1S/C21H18F6N2O2S2/c22-16-3-1-2-15-14(16)8-9-17(15)29-19(32)28-10-11-31-18(30)12-4-6-13(7-5-12)33-21(26,27)20(23,24)25/h1-7,17H,8-11H2,(H2,28,29,32). The lowest BCUT2D eigenvalue weighted by Gasteiger charge is -2.18. The highest BCUT2D eigenvalue weighted by atomic mass is 32.2. The van der Waals surface area contributed by atoms with Gasteiger partial charge < -0.3 is 15.4 Å². The van der Waals surface area contributed by atoms with Crippen LogP contribution in [0.3, 0.4) is 0 Å². The molecule has 0 saturated heterocycles. The smallest absolute Gasteiger partial charge is 0.460 e. The molecule has 0 bridgehead atoms. The van der Waals surface area contributed by atoms with Crippen molar-refractivity contribution in [2.75, 3.05) is 13.2 Å². The average molecular weight is 509 g/mol. The van der Waals surface area contributed by atoms with Gasteiger partial charge in [-0.15, -0.1) is 0 Å². The molecule has 0 aromatic heterocycles. The third kappa shape index (κ3) is 6.32. The first kappa shape index (κ1) is 25.2. The summed E-state index contributed by atoms with van der Waals surface area (Å²) in [7, 11) is 0. The third-order valence-electron chi connectivity index (χ3n) is 4.81. The molecule has 33 heavy (non-hydrogen) atoms. The molecule has 0 saturated carbocycles. The number of thioether (sulfide) groups is 1. The first-order chi connectivity index (χ1) is 15.5. The normalized spacial score (nSPS) is 15.6. The molecular weight excluding hydrogens is 490 g/mol. The number of thiocarbonyl (C=S) groups is 1. The molecule has 2 N–H and O–H groups in total. The van der Waals surface area contributed by atoms with Gasteiger partial charge in [0, 0.05) is 4.90 Å². The zero-order chi connectivity index (χ0) is 24.2. The SMILES string of the molecule is O=C(OCCNC(=S)NC1CCc2c(F)cccc21)c1ccc(SC(F)(F)C(F)(F)F)cc1. The van der Waals surface area contributed by atoms with E-state index in [9.17, 15) is 31.1 Å². The molecule has 0 amide bonds. The van der Waals surface area contributed by atoms with E-state index >= 15 is 0 Å². The summed E-state index contributed by atoms with van der Waals surface area (Å²) < 4.78 is 81.8. The predicted molar refractivity (Wildman–Crippen MR) is 115 cm³/mol. The molecule has 0 heterocycles. The van der Waals surface area contributed by atoms with Gasteiger partial charge in [0.2, 0.25) is 0 Å². The van der Waals surface area contributed by atoms with Gasteiger partial charge in [0.25, 0.3) is 0 Å². The first-order valence-electron chi connectivity index (χ1n) is 9.70. The minimum atomic E-state index is -5.69. The number of nitrogens with one attached hydrogen (secondary N) is 2. The number of esters is 1. The number of ether oxygens (including phenoxy) is 1. The van der Waals surface area contributed by atoms with E-state index in [-0.39, 0.29) is 35.5 Å². The minimum absolute atomic E-state index is 0.0000317. The van der Waals surface area contributed by atoms with Crippen molar-refractivity contribution in [2.24, 2.45) is 0 Å². The Hall–Kier alpha value is -2.47. The van der Waals surface area contributed by atoms with Gasteiger partial charge in [-0.05, 0) is 78.3 Å². The number of rotatable bonds is 7. The molecule has 4 nitrogen and oxygen atoms in total. The summed E-state index contributed by atoms with van der Waals surface area (Å²) in [6, 6.07) is 8.94. The summed E-state index contributed by atoms with van der Waals surface area (Å²) in [6.45, 7) is 0.102. The van der Waals surface area contributed by atoms with E-state index in [4.69, 9.17) is 17.0 Å². The van der Waals surface area contributed by atoms with Crippen molar-refractivity contribution in [1.29, 1.82) is 0 Å². The summed E-state index contributed by atoms with van der Waals surface area (Å²) >= 11 is 4.55. The summed E-state index contributed by atoms with van der Waals surface area (Å²) in [6.07, 6.45) is -4.39. The molecule has 0 aliphatic heterocycles. The lowest BCUT2D eigenvalue weighted by molar-refractivity contribution is -0.237. The van der Waals surface area contributed by atoms with Crippen molar-refractivity contribution in [3.8, 4) is 0 Å². The molecule has 1 aliphatic rings. The lowest BCUT2D eigenvalue weighted by atomic mass is 10.1. The number of alkyl halides is 5. The molecule has 3 rings (SSSR count). The lowest BCUT2D eigenvalue weighted by Crippen LogP contribution is -2.38. The van der Waals surface area contributed by atoms with E-state index in [0.29, 0.717) is 23.5 Å². The van der Waals surface area contributed by atoms with Crippen LogP contribution in [0.2, 0.25) is 0 Å². The second kappa shape index (κ2) is 10.2. The number of fused-ring (bicyclic) bond motifs is 1. The number of hydrogen-bond acceptors (Lipinski definition) is 4. The van der Waals surface area contributed by atoms with Gasteiger partial charge in [-0.25, -0.2) is 9.18 Å². The Morgan fingerprint density at radius 2 is 1.82 bits per heavy atom. The van der Waals surface area contributed by atoms with Gasteiger partial charge in [-0.1, -0.05) is 12.1 Å². The molecule has 2 aromatic rings. The Labute approximate surface area is 195 Å². The van der Waals surface area contributed by atoms with Gasteiger partial charge in [-0.3, -0.25) is 0 Å². The molecule has 1 atom stereocenters. The van der Waals surface area contributed by atoms with Gasteiger partial charge in [0.15, 0.2) is 5.11 Å². The van der Waals surface area contributed by atoms with E-state index in [2.05, 4.69) is 10.6 Å². The fraction of sp³-hybridized carbons (Fsp3) is 0.333. The highest BCUT2D eigenvalue weighted by Crippen LogP contribution is 2.47. The van der Waals surface area contributed by atoms with Crippen LogP contribution in [0.15, 0.2) is 47.4 Å². The summed E-state index contributed by atoms with van der Waals surface area (Å²) in [5.41, 5.74) is 1.51. The number of hydrogen-bond donors (Lipinski definition) is 2. The van der Waals surface area contributed by atoms with E-state index in [1.165, 1.54) is 6.07 Å². The largest absolute Gasteiger partial charge is 0.464 e. The van der Waals surface area contributed by atoms with Crippen LogP contribution >= 0.6 is 24.0 Å². The van der Waals surface area contributed by atoms with E-state index < -0.39 is 29.2 Å². The molecule has 0 spiro atoms. The Balaban J connectivity index is 1.41. The Morgan fingerprint density at radius 3 is 2.48 bits per heavy atom. The van der Waals surface area contributed by atoms with Crippen molar-refractivity contribution in [2.45, 2.75) is 35.2 Å². The van der Waals surface area contributed by atoms with Crippen LogP contribution in [0.25, 0.3) is 0 Å². The van der Waals surface area contributed by atoms with Crippen LogP contribution in [-0.4, -0.2) is 35.7 Å². The number of halogens is 6. The summed E-state index contributed by atoms with van der Waals surface area (Å²) in [5.74, 6) is -1.02. The molecule has 0 radical (unpaired) electrons. The minimum Gasteiger partial charge on any atom is -0.460 e. The van der Waals surface area contributed by atoms with Crippen LogP contribution in [-0.2, 0) is 11.2 Å². The highest BCUT2D eigenvalue weighted by Gasteiger charge is 2.58. The molecule has 1 aliphatic carbocycles. The van der Waals surface area contributed by atoms with Crippen molar-refractivity contribution in [3.63, 3.8) is 0 Å². The van der Waals surface area contributed by atoms with E-state index in [1.807, 2.05) is 6.07 Å². The quantitative estimate of drug-likeness (QED) is 0.172. The summed E-state index contributed by atoms with van der Waals surface area (Å²) in [4.78, 5) is 11.7. The van der Waals surface area contributed by atoms with Crippen molar-refractivity contribution in [1.82, 2.24) is 10.6 Å². The van der Waals surface area contributed by atoms with Crippen LogP contribution < -0.4 is 10.6 Å². The monoisotopic (exact) mass is 508 g/mol. The van der Waals surface area contributed by atoms with Crippen molar-refractivity contribution >= 4 is 35.1 Å². The topological polar surface area (TPSA) is 50.4 Å². The predicted octanol–water partition coefficient (Wildman–Crippen LogP) is 5.38. The number of carbonyl (C=O) groups excluding carboxylic acids is 1. The second-order valence-corrected chi connectivity index (χ2v) is 8.67. The van der Waals surface area contributed by atoms with Gasteiger partial charge in [-0.2, -0.15) is 22.0 Å². The summed E-state index contributed by atoms with van der Waals surface area (Å²) in [5, 5.41) is 1.32. The zero-order valence-corrected chi connectivity index (χ0v) is 18.5. The third-order valence-corrected chi connectivity index (χ3v) is 6.06. The maximum Gasteiger partial charge on any atom is 0.464 e. The molecule has 2 aromatic carbocycles. The highest BCUT2D eigenvalue weighted by molar-refractivity contribution is 8.00. The van der Waals surface area contributed by atoms with E-state index in [0.717, 1.165) is 29.8 Å². The molecule has 178 valence electrons. The molecular formula is C21H18F6N2O2S2. The van der Waals surface area contributed by atoms with E-state index in [1.54, 1.807) is 6.07 Å². The first-order valence-corrected chi connectivity index (χ1v) is 10.9. The van der Waals surface area contributed by atoms with Gasteiger partial charge >= 0.3 is 17.4 Å². The molecule has 12 heteroatoms. The number of carbonyl (C=O) groups is 1.